The fraction of sp³-hybridized carbons (Fsp3) is 0.238. The number of hydrogen-bond donors (Lipinski definition) is 1. The van der Waals surface area contributed by atoms with Crippen molar-refractivity contribution in [3.05, 3.63) is 58.1 Å². The van der Waals surface area contributed by atoms with E-state index in [0.29, 0.717) is 33.7 Å². The van der Waals surface area contributed by atoms with Crippen molar-refractivity contribution in [1.29, 1.82) is 0 Å². The molecule has 0 spiro atoms. The summed E-state index contributed by atoms with van der Waals surface area (Å²) < 4.78 is 0. The van der Waals surface area contributed by atoms with Gasteiger partial charge in [-0.2, -0.15) is 0 Å². The number of rotatable bonds is 6. The number of nitrogens with zero attached hydrogens (tertiary/aromatic N) is 2. The Balaban J connectivity index is 1.72. The van der Waals surface area contributed by atoms with Crippen molar-refractivity contribution in [3.63, 3.8) is 0 Å². The first-order valence-electron chi connectivity index (χ1n) is 9.21. The van der Waals surface area contributed by atoms with Crippen molar-refractivity contribution in [2.24, 2.45) is 4.99 Å². The number of aliphatic imine (C=N–C) groups is 1. The zero-order valence-electron chi connectivity index (χ0n) is 16.3. The van der Waals surface area contributed by atoms with E-state index in [-0.39, 0.29) is 29.0 Å². The minimum Gasteiger partial charge on any atom is -0.325 e. The Morgan fingerprint density at radius 3 is 2.50 bits per heavy atom. The first-order valence-corrected chi connectivity index (χ1v) is 10.8. The fourth-order valence-electron chi connectivity index (χ4n) is 2.87. The van der Waals surface area contributed by atoms with Crippen molar-refractivity contribution < 1.29 is 14.4 Å². The average Bonchev–Trinajstić information content (AvgIpc) is 2.99. The summed E-state index contributed by atoms with van der Waals surface area (Å²) in [7, 11) is 0. The molecule has 2 amide bonds. The van der Waals surface area contributed by atoms with Gasteiger partial charge in [0.05, 0.1) is 21.4 Å². The molecule has 3 rings (SSSR count). The van der Waals surface area contributed by atoms with E-state index in [4.69, 9.17) is 23.2 Å². The van der Waals surface area contributed by atoms with E-state index >= 15 is 0 Å². The van der Waals surface area contributed by atoms with Crippen LogP contribution in [-0.4, -0.2) is 39.5 Å². The summed E-state index contributed by atoms with van der Waals surface area (Å²) in [6.45, 7) is 3.78. The van der Waals surface area contributed by atoms with Crippen molar-refractivity contribution in [2.75, 3.05) is 11.9 Å². The Kier molecular flexibility index (Phi) is 7.18. The van der Waals surface area contributed by atoms with Crippen molar-refractivity contribution >= 4 is 69.1 Å². The largest absolute Gasteiger partial charge is 0.325 e. The first-order chi connectivity index (χ1) is 14.3. The van der Waals surface area contributed by atoms with Crippen LogP contribution < -0.4 is 5.32 Å². The summed E-state index contributed by atoms with van der Waals surface area (Å²) >= 11 is 13.3. The highest BCUT2D eigenvalue weighted by molar-refractivity contribution is 8.15. The molecule has 1 N–H and O–H groups in total. The molecule has 0 bridgehead atoms. The number of hydrogen-bond acceptors (Lipinski definition) is 5. The number of anilines is 1. The number of amides is 2. The Bertz CT molecular complexity index is 1020. The number of nitrogens with one attached hydrogen (secondary N) is 1. The molecule has 1 atom stereocenters. The molecule has 1 saturated heterocycles. The van der Waals surface area contributed by atoms with Gasteiger partial charge in [-0.1, -0.05) is 41.0 Å². The Hall–Kier alpha value is -2.35. The smallest absolute Gasteiger partial charge is 0.242 e. The predicted molar refractivity (Wildman–Crippen MR) is 122 cm³/mol. The van der Waals surface area contributed by atoms with Crippen molar-refractivity contribution in [1.82, 2.24) is 4.90 Å². The molecule has 1 aliphatic heterocycles. The van der Waals surface area contributed by atoms with Crippen molar-refractivity contribution in [3.8, 4) is 0 Å². The zero-order valence-corrected chi connectivity index (χ0v) is 18.6. The minimum atomic E-state index is -0.585. The maximum atomic E-state index is 12.7. The van der Waals surface area contributed by atoms with E-state index < -0.39 is 5.25 Å². The third-order valence-corrected chi connectivity index (χ3v) is 6.43. The molecule has 1 aliphatic rings. The number of ketones is 1. The maximum absolute atomic E-state index is 12.7. The van der Waals surface area contributed by atoms with Crippen LogP contribution in [0.25, 0.3) is 0 Å². The van der Waals surface area contributed by atoms with Gasteiger partial charge in [-0.15, -0.1) is 0 Å². The topological polar surface area (TPSA) is 78.8 Å². The van der Waals surface area contributed by atoms with Gasteiger partial charge in [0.1, 0.15) is 5.25 Å². The lowest BCUT2D eigenvalue weighted by Gasteiger charge is -2.13. The van der Waals surface area contributed by atoms with Crippen LogP contribution in [0.4, 0.5) is 11.4 Å². The standard InChI is InChI=1S/C21H19Cl2N3O3S/c1-3-26-20(29)17(11-18(28)25-16-6-4-5-15(22)19(16)23)30-21(26)24-14-9-7-13(8-10-14)12(2)27/h4-10,17H,3,11H2,1-2H3,(H,25,28). The summed E-state index contributed by atoms with van der Waals surface area (Å²) in [5, 5.41) is 3.23. The predicted octanol–water partition coefficient (Wildman–Crippen LogP) is 5.18. The Labute approximate surface area is 188 Å². The highest BCUT2D eigenvalue weighted by atomic mass is 35.5. The van der Waals surface area contributed by atoms with E-state index in [1.54, 1.807) is 47.4 Å². The molecular weight excluding hydrogens is 445 g/mol. The molecule has 0 saturated carbocycles. The second-order valence-corrected chi connectivity index (χ2v) is 8.50. The second-order valence-electron chi connectivity index (χ2n) is 6.54. The lowest BCUT2D eigenvalue weighted by atomic mass is 10.1. The molecule has 30 heavy (non-hydrogen) atoms. The summed E-state index contributed by atoms with van der Waals surface area (Å²) in [6, 6.07) is 11.8. The van der Waals surface area contributed by atoms with Gasteiger partial charge < -0.3 is 5.32 Å². The fourth-order valence-corrected chi connectivity index (χ4v) is 4.44. The van der Waals surface area contributed by atoms with E-state index in [0.717, 1.165) is 0 Å². The highest BCUT2D eigenvalue weighted by Gasteiger charge is 2.38. The number of carbonyl (C=O) groups is 3. The number of carbonyl (C=O) groups excluding carboxylic acids is 3. The van der Waals surface area contributed by atoms with Gasteiger partial charge in [-0.25, -0.2) is 4.99 Å². The lowest BCUT2D eigenvalue weighted by Crippen LogP contribution is -2.33. The molecule has 0 aliphatic carbocycles. The van der Waals surface area contributed by atoms with Gasteiger partial charge in [-0.05, 0) is 50.2 Å². The van der Waals surface area contributed by atoms with Gasteiger partial charge in [0.25, 0.3) is 0 Å². The van der Waals surface area contributed by atoms with Crippen LogP contribution >= 0.6 is 35.0 Å². The van der Waals surface area contributed by atoms with E-state index in [2.05, 4.69) is 10.3 Å². The van der Waals surface area contributed by atoms with E-state index in [1.807, 2.05) is 6.92 Å². The van der Waals surface area contributed by atoms with Gasteiger partial charge in [0, 0.05) is 18.5 Å². The maximum Gasteiger partial charge on any atom is 0.242 e. The molecule has 1 fully saturated rings. The third kappa shape index (κ3) is 5.03. The molecule has 0 radical (unpaired) electrons. The average molecular weight is 464 g/mol. The van der Waals surface area contributed by atoms with Crippen LogP contribution in [0, 0.1) is 0 Å². The molecule has 6 nitrogen and oxygen atoms in total. The van der Waals surface area contributed by atoms with Gasteiger partial charge in [-0.3, -0.25) is 19.3 Å². The summed E-state index contributed by atoms with van der Waals surface area (Å²) in [4.78, 5) is 42.7. The zero-order chi connectivity index (χ0) is 21.8. The monoisotopic (exact) mass is 463 g/mol. The lowest BCUT2D eigenvalue weighted by molar-refractivity contribution is -0.128. The molecule has 1 unspecified atom stereocenters. The van der Waals surface area contributed by atoms with Crippen LogP contribution in [0.3, 0.4) is 0 Å². The summed E-state index contributed by atoms with van der Waals surface area (Å²) in [5.74, 6) is -0.539. The molecule has 1 heterocycles. The van der Waals surface area contributed by atoms with Crippen molar-refractivity contribution in [2.45, 2.75) is 25.5 Å². The molecule has 9 heteroatoms. The second kappa shape index (κ2) is 9.64. The minimum absolute atomic E-state index is 0.0227. The molecule has 0 aromatic heterocycles. The highest BCUT2D eigenvalue weighted by Crippen LogP contribution is 2.33. The van der Waals surface area contributed by atoms with Crippen LogP contribution in [0.2, 0.25) is 10.0 Å². The van der Waals surface area contributed by atoms with Crippen LogP contribution in [-0.2, 0) is 9.59 Å². The Morgan fingerprint density at radius 1 is 1.17 bits per heavy atom. The SMILES string of the molecule is CCN1C(=O)C(CC(=O)Nc2cccc(Cl)c2Cl)SC1=Nc1ccc(C(C)=O)cc1. The van der Waals surface area contributed by atoms with E-state index in [1.165, 1.54) is 18.7 Å². The number of amidine groups is 1. The van der Waals surface area contributed by atoms with Crippen LogP contribution in [0.5, 0.6) is 0 Å². The molecule has 156 valence electrons. The van der Waals surface area contributed by atoms with Gasteiger partial charge in [0.2, 0.25) is 11.8 Å². The number of benzene rings is 2. The molecular formula is C21H19Cl2N3O3S. The van der Waals surface area contributed by atoms with E-state index in [9.17, 15) is 14.4 Å². The number of thioether (sulfide) groups is 1. The normalized spacial score (nSPS) is 17.5. The van der Waals surface area contributed by atoms with Gasteiger partial charge in [0.15, 0.2) is 11.0 Å². The van der Waals surface area contributed by atoms with Crippen LogP contribution in [0.15, 0.2) is 47.5 Å². The summed E-state index contributed by atoms with van der Waals surface area (Å²) in [5.41, 5.74) is 1.62. The Morgan fingerprint density at radius 2 is 1.87 bits per heavy atom. The van der Waals surface area contributed by atoms with Crippen LogP contribution in [0.1, 0.15) is 30.6 Å². The quantitative estimate of drug-likeness (QED) is 0.598. The third-order valence-electron chi connectivity index (χ3n) is 4.43. The molecule has 2 aromatic rings. The number of Topliss-reactive ketones (excluding diaryl/α,β-unsaturated/α-hetero) is 1. The summed E-state index contributed by atoms with van der Waals surface area (Å²) in [6.07, 6.45) is -0.0227. The number of halogens is 2. The first kappa shape index (κ1) is 22.3. The molecule has 2 aromatic carbocycles. The van der Waals surface area contributed by atoms with Gasteiger partial charge >= 0.3 is 0 Å².